The quantitative estimate of drug-likeness (QED) is 0.253. The Balaban J connectivity index is 2.24. The third-order valence-electron chi connectivity index (χ3n) is 5.86. The molecule has 1 nitrogen and oxygen atoms in total. The highest BCUT2D eigenvalue weighted by atomic mass is 31.2. The minimum atomic E-state index is -1.98. The Kier molecular flexibility index (Phi) is 8.05. The lowest BCUT2D eigenvalue weighted by molar-refractivity contribution is 0.266. The van der Waals surface area contributed by atoms with Crippen LogP contribution in [0.3, 0.4) is 0 Å². The van der Waals surface area contributed by atoms with E-state index in [2.05, 4.69) is 118 Å². The molecule has 0 N–H and O–H groups in total. The maximum atomic E-state index is 7.21. The molecular formula is C27H36OPSi+. The van der Waals surface area contributed by atoms with Crippen LogP contribution in [0.5, 0.6) is 0 Å². The highest BCUT2D eigenvalue weighted by Crippen LogP contribution is 2.61. The van der Waals surface area contributed by atoms with E-state index in [1.54, 1.807) is 0 Å². The van der Waals surface area contributed by atoms with Crippen LogP contribution >= 0.6 is 7.26 Å². The number of unbranched alkanes of at least 4 members (excludes halogenated alkanes) is 1. The zero-order valence-electron chi connectivity index (χ0n) is 18.9. The fourth-order valence-corrected chi connectivity index (χ4v) is 12.5. The second-order valence-corrected chi connectivity index (χ2v) is 16.4. The van der Waals surface area contributed by atoms with Gasteiger partial charge in [0.15, 0.2) is 14.2 Å². The number of rotatable bonds is 10. The molecule has 0 heterocycles. The first-order chi connectivity index (χ1) is 14.5. The van der Waals surface area contributed by atoms with E-state index >= 15 is 0 Å². The molecule has 158 valence electrons. The normalized spacial score (nSPS) is 13.2. The van der Waals surface area contributed by atoms with Gasteiger partial charge in [0.25, 0.3) is 0 Å². The third kappa shape index (κ3) is 4.94. The first-order valence-corrected chi connectivity index (χ1v) is 16.3. The summed E-state index contributed by atoms with van der Waals surface area (Å²) in [7, 11) is -3.77. The predicted octanol–water partition coefficient (Wildman–Crippen LogP) is 6.74. The monoisotopic (exact) mass is 435 g/mol. The van der Waals surface area contributed by atoms with Crippen molar-refractivity contribution in [3.8, 4) is 0 Å². The van der Waals surface area contributed by atoms with Crippen LogP contribution in [0, 0.1) is 0 Å². The van der Waals surface area contributed by atoms with Crippen molar-refractivity contribution in [2.75, 3.05) is 0 Å². The summed E-state index contributed by atoms with van der Waals surface area (Å²) in [6.07, 6.45) is 3.49. The van der Waals surface area contributed by atoms with E-state index < -0.39 is 15.6 Å². The van der Waals surface area contributed by atoms with Gasteiger partial charge in [0.05, 0.1) is 0 Å². The van der Waals surface area contributed by atoms with Gasteiger partial charge in [-0.25, -0.2) is 0 Å². The molecule has 0 spiro atoms. The first kappa shape index (κ1) is 22.9. The molecule has 0 amide bonds. The van der Waals surface area contributed by atoms with E-state index in [9.17, 15) is 0 Å². The Labute approximate surface area is 185 Å². The van der Waals surface area contributed by atoms with Gasteiger partial charge in [0, 0.05) is 6.42 Å². The average molecular weight is 436 g/mol. The molecule has 0 bridgehead atoms. The van der Waals surface area contributed by atoms with Crippen LogP contribution in [-0.2, 0) is 4.43 Å². The molecule has 0 radical (unpaired) electrons. The van der Waals surface area contributed by atoms with Crippen molar-refractivity contribution in [3.63, 3.8) is 0 Å². The van der Waals surface area contributed by atoms with Gasteiger partial charge in [-0.1, -0.05) is 81.3 Å². The largest absolute Gasteiger partial charge is 0.384 e. The molecule has 1 atom stereocenters. The lowest BCUT2D eigenvalue weighted by Gasteiger charge is -2.38. The second kappa shape index (κ2) is 10.5. The highest BCUT2D eigenvalue weighted by Gasteiger charge is 2.53. The fourth-order valence-electron chi connectivity index (χ4n) is 4.40. The number of hydrogen-bond donors (Lipinski definition) is 0. The number of hydrogen-bond acceptors (Lipinski definition) is 1. The molecule has 0 aliphatic heterocycles. The van der Waals surface area contributed by atoms with Gasteiger partial charge in [0.2, 0.25) is 0 Å². The van der Waals surface area contributed by atoms with Gasteiger partial charge in [-0.2, -0.15) is 0 Å². The summed E-state index contributed by atoms with van der Waals surface area (Å²) in [5, 5.41) is 4.23. The van der Waals surface area contributed by atoms with Crippen molar-refractivity contribution in [1.29, 1.82) is 0 Å². The van der Waals surface area contributed by atoms with Crippen LogP contribution < -0.4 is 15.9 Å². The summed E-state index contributed by atoms with van der Waals surface area (Å²) >= 11 is 0. The zero-order valence-corrected chi connectivity index (χ0v) is 20.8. The highest BCUT2D eigenvalue weighted by molar-refractivity contribution is 7.96. The lowest BCUT2D eigenvalue weighted by Crippen LogP contribution is -2.45. The van der Waals surface area contributed by atoms with Crippen molar-refractivity contribution in [2.45, 2.75) is 58.1 Å². The van der Waals surface area contributed by atoms with Crippen molar-refractivity contribution >= 4 is 31.5 Å². The minimum absolute atomic E-state index is 0.184. The summed E-state index contributed by atoms with van der Waals surface area (Å²) in [6, 6.07) is 34.6. The van der Waals surface area contributed by atoms with Gasteiger partial charge in [-0.15, -0.1) is 0 Å². The summed E-state index contributed by atoms with van der Waals surface area (Å²) in [6.45, 7) is 9.39. The van der Waals surface area contributed by atoms with Gasteiger partial charge in [0.1, 0.15) is 23.2 Å². The van der Waals surface area contributed by atoms with E-state index in [1.165, 1.54) is 34.8 Å². The summed E-state index contributed by atoms with van der Waals surface area (Å²) in [5.41, 5.74) is 0. The molecule has 3 aromatic carbocycles. The molecule has 30 heavy (non-hydrogen) atoms. The SMILES string of the molecule is CCCC[Si](C)(C)OC(CC)[P+](c1ccccc1)(c1ccccc1)c1ccccc1. The van der Waals surface area contributed by atoms with Gasteiger partial charge in [-0.05, 0) is 55.5 Å². The Morgan fingerprint density at radius 2 is 1.10 bits per heavy atom. The van der Waals surface area contributed by atoms with E-state index in [1.807, 2.05) is 0 Å². The zero-order chi connectivity index (χ0) is 21.5. The van der Waals surface area contributed by atoms with E-state index in [4.69, 9.17) is 4.43 Å². The molecular weight excluding hydrogens is 399 g/mol. The summed E-state index contributed by atoms with van der Waals surface area (Å²) in [4.78, 5) is 0. The molecule has 3 heteroatoms. The predicted molar refractivity (Wildman–Crippen MR) is 138 cm³/mol. The maximum Gasteiger partial charge on any atom is 0.191 e. The molecule has 0 fully saturated rings. The van der Waals surface area contributed by atoms with E-state index in [-0.39, 0.29) is 5.85 Å². The molecule has 0 saturated heterocycles. The van der Waals surface area contributed by atoms with E-state index in [0.29, 0.717) is 0 Å². The molecule has 0 aliphatic carbocycles. The Morgan fingerprint density at radius 1 is 0.700 bits per heavy atom. The van der Waals surface area contributed by atoms with Crippen LogP contribution in [0.25, 0.3) is 0 Å². The van der Waals surface area contributed by atoms with Gasteiger partial charge >= 0.3 is 0 Å². The molecule has 3 aromatic rings. The molecule has 0 aliphatic rings. The van der Waals surface area contributed by atoms with Crippen LogP contribution in [0.15, 0.2) is 91.0 Å². The van der Waals surface area contributed by atoms with Crippen molar-refractivity contribution in [3.05, 3.63) is 91.0 Å². The average Bonchev–Trinajstić information content (AvgIpc) is 2.79. The summed E-state index contributed by atoms with van der Waals surface area (Å²) in [5.74, 6) is 0.184. The van der Waals surface area contributed by atoms with Crippen LogP contribution in [0.1, 0.15) is 33.1 Å². The smallest absolute Gasteiger partial charge is 0.191 e. The van der Waals surface area contributed by atoms with Crippen molar-refractivity contribution in [1.82, 2.24) is 0 Å². The fraction of sp³-hybridized carbons (Fsp3) is 0.333. The van der Waals surface area contributed by atoms with Gasteiger partial charge < -0.3 is 4.43 Å². The first-order valence-electron chi connectivity index (χ1n) is 11.3. The Morgan fingerprint density at radius 3 is 1.43 bits per heavy atom. The maximum absolute atomic E-state index is 7.21. The van der Waals surface area contributed by atoms with Crippen LogP contribution in [0.2, 0.25) is 19.1 Å². The molecule has 1 unspecified atom stereocenters. The summed E-state index contributed by atoms with van der Waals surface area (Å²) < 4.78 is 7.21. The molecule has 3 rings (SSSR count). The lowest BCUT2D eigenvalue weighted by atomic mass is 10.3. The standard InChI is InChI=1S/C27H36OPSi/c1-5-7-23-30(3,4)28-27(6-2)29(24-17-11-8-12-18-24,25-19-13-9-14-20-25)26-21-15-10-16-22-26/h8-22,27H,5-7,23H2,1-4H3/q+1. The Hall–Kier alpha value is -1.73. The van der Waals surface area contributed by atoms with Gasteiger partial charge in [-0.3, -0.25) is 0 Å². The molecule has 0 aromatic heterocycles. The van der Waals surface area contributed by atoms with Crippen LogP contribution in [0.4, 0.5) is 0 Å². The van der Waals surface area contributed by atoms with Crippen LogP contribution in [-0.4, -0.2) is 14.2 Å². The molecule has 0 saturated carbocycles. The number of benzene rings is 3. The topological polar surface area (TPSA) is 9.23 Å². The van der Waals surface area contributed by atoms with E-state index in [0.717, 1.165) is 6.42 Å². The van der Waals surface area contributed by atoms with Crippen molar-refractivity contribution < 1.29 is 4.43 Å². The minimum Gasteiger partial charge on any atom is -0.384 e. The van der Waals surface area contributed by atoms with Crippen molar-refractivity contribution in [2.24, 2.45) is 0 Å². The third-order valence-corrected chi connectivity index (χ3v) is 13.2. The Bertz CT molecular complexity index is 784. The second-order valence-electron chi connectivity index (χ2n) is 8.57.